The van der Waals surface area contributed by atoms with Crippen LogP contribution in [0.5, 0.6) is 0 Å². The lowest BCUT2D eigenvalue weighted by Gasteiger charge is -2.33. The van der Waals surface area contributed by atoms with Crippen LogP contribution in [-0.4, -0.2) is 111 Å². The van der Waals surface area contributed by atoms with Crippen molar-refractivity contribution >= 4 is 23.8 Å². The average molecular weight is 655 g/mol. The van der Waals surface area contributed by atoms with Crippen molar-refractivity contribution in [2.75, 3.05) is 33.3 Å². The Morgan fingerprint density at radius 3 is 2.49 bits per heavy atom. The van der Waals surface area contributed by atoms with Crippen LogP contribution in [0.15, 0.2) is 42.9 Å². The van der Waals surface area contributed by atoms with Crippen molar-refractivity contribution in [3.05, 3.63) is 54.1 Å². The van der Waals surface area contributed by atoms with Crippen LogP contribution in [0.2, 0.25) is 0 Å². The molecule has 2 heterocycles. The van der Waals surface area contributed by atoms with Gasteiger partial charge in [0.1, 0.15) is 18.2 Å². The maximum absolute atomic E-state index is 14.1. The molecule has 258 valence electrons. The highest BCUT2D eigenvalue weighted by Crippen LogP contribution is 2.29. The third-order valence-electron chi connectivity index (χ3n) is 9.32. The summed E-state index contributed by atoms with van der Waals surface area (Å²) in [5.41, 5.74) is 1.49. The van der Waals surface area contributed by atoms with Crippen molar-refractivity contribution in [1.82, 2.24) is 30.4 Å². The zero-order valence-corrected chi connectivity index (χ0v) is 27.5. The van der Waals surface area contributed by atoms with E-state index in [1.807, 2.05) is 37.3 Å². The van der Waals surface area contributed by atoms with Gasteiger partial charge in [-0.25, -0.2) is 9.78 Å². The Bertz CT molecular complexity index is 1290. The van der Waals surface area contributed by atoms with Crippen molar-refractivity contribution in [1.29, 1.82) is 0 Å². The summed E-state index contributed by atoms with van der Waals surface area (Å²) in [7, 11) is 1.57. The van der Waals surface area contributed by atoms with Gasteiger partial charge in [0.05, 0.1) is 31.4 Å². The molecule has 5 N–H and O–H groups in total. The quantitative estimate of drug-likeness (QED) is 0.171. The molecular weight excluding hydrogens is 604 g/mol. The Morgan fingerprint density at radius 1 is 1.11 bits per heavy atom. The molecule has 13 nitrogen and oxygen atoms in total. The summed E-state index contributed by atoms with van der Waals surface area (Å²) in [4.78, 5) is 63.2. The fraction of sp³-hybridized carbons (Fsp3) is 0.618. The summed E-state index contributed by atoms with van der Waals surface area (Å²) < 4.78 is 5.50. The molecule has 2 aromatic rings. The summed E-state index contributed by atoms with van der Waals surface area (Å²) in [5.74, 6) is -1.75. The lowest BCUT2D eigenvalue weighted by Crippen LogP contribution is -2.57. The average Bonchev–Trinajstić information content (AvgIpc) is 3.73. The zero-order chi connectivity index (χ0) is 33.8. The smallest absolute Gasteiger partial charge is 0.410 e. The van der Waals surface area contributed by atoms with E-state index >= 15 is 0 Å². The maximum Gasteiger partial charge on any atom is 0.410 e. The molecule has 1 saturated heterocycles. The van der Waals surface area contributed by atoms with E-state index in [0.717, 1.165) is 37.7 Å². The molecule has 0 unspecified atom stereocenters. The molecule has 2 fully saturated rings. The number of rotatable bonds is 17. The number of aromatic nitrogens is 2. The molecule has 2 aliphatic rings. The Hall–Kier alpha value is -3.97. The molecule has 1 saturated carbocycles. The second-order valence-electron chi connectivity index (χ2n) is 12.8. The number of aliphatic hydroxyl groups is 2. The van der Waals surface area contributed by atoms with Gasteiger partial charge in [-0.2, -0.15) is 0 Å². The molecular formula is C34H50N6O7. The number of H-pyrrole nitrogens is 1. The van der Waals surface area contributed by atoms with Crippen molar-refractivity contribution in [2.45, 2.75) is 89.0 Å². The molecule has 1 aromatic heterocycles. The van der Waals surface area contributed by atoms with Gasteiger partial charge in [-0.1, -0.05) is 62.4 Å². The van der Waals surface area contributed by atoms with Crippen LogP contribution in [-0.2, 0) is 32.0 Å². The minimum absolute atomic E-state index is 0.0995. The summed E-state index contributed by atoms with van der Waals surface area (Å²) in [6.07, 6.45) is 6.69. The van der Waals surface area contributed by atoms with E-state index in [4.69, 9.17) is 4.74 Å². The van der Waals surface area contributed by atoms with E-state index in [-0.39, 0.29) is 44.9 Å². The Labute approximate surface area is 276 Å². The molecule has 1 aliphatic carbocycles. The van der Waals surface area contributed by atoms with Crippen LogP contribution >= 0.6 is 0 Å². The molecule has 0 radical (unpaired) electrons. The predicted molar refractivity (Wildman–Crippen MR) is 174 cm³/mol. The van der Waals surface area contributed by atoms with Gasteiger partial charge in [0, 0.05) is 44.9 Å². The monoisotopic (exact) mass is 654 g/mol. The minimum Gasteiger partial charge on any atom is -0.441 e. The highest BCUT2D eigenvalue weighted by atomic mass is 16.6. The minimum atomic E-state index is -1.14. The van der Waals surface area contributed by atoms with Gasteiger partial charge in [-0.05, 0) is 31.2 Å². The number of likely N-dealkylation sites (N-methyl/N-ethyl adjacent to an activating group) is 2. The topological polar surface area (TPSA) is 177 Å². The van der Waals surface area contributed by atoms with E-state index in [0.29, 0.717) is 24.6 Å². The van der Waals surface area contributed by atoms with Gasteiger partial charge in [-0.15, -0.1) is 0 Å². The van der Waals surface area contributed by atoms with Gasteiger partial charge >= 0.3 is 6.09 Å². The first-order valence-electron chi connectivity index (χ1n) is 16.8. The number of aromatic amines is 1. The van der Waals surface area contributed by atoms with Crippen molar-refractivity contribution in [2.24, 2.45) is 11.8 Å². The molecule has 13 heteroatoms. The summed E-state index contributed by atoms with van der Waals surface area (Å²) in [6, 6.07) is 7.58. The number of amides is 4. The number of aliphatic hydroxyl groups excluding tert-OH is 2. The van der Waals surface area contributed by atoms with E-state index in [2.05, 4.69) is 20.6 Å². The lowest BCUT2D eigenvalue weighted by atomic mass is 9.83. The SMILES string of the molecule is CCN1C[C@@H]([C@H](O)[C@H](CC2CCCCC2)NC(=O)[C@H](Cc2cnc[nH]2)NC(=O)[C@H](CC(=O)N(C)CCO)Cc2ccccc2)OC1=O. The van der Waals surface area contributed by atoms with Gasteiger partial charge in [0.15, 0.2) is 0 Å². The molecule has 47 heavy (non-hydrogen) atoms. The molecule has 5 atom stereocenters. The van der Waals surface area contributed by atoms with Crippen LogP contribution in [0.4, 0.5) is 4.79 Å². The Kier molecular flexibility index (Phi) is 13.6. The molecule has 1 aliphatic heterocycles. The number of hydrogen-bond donors (Lipinski definition) is 5. The van der Waals surface area contributed by atoms with Crippen LogP contribution < -0.4 is 10.6 Å². The second kappa shape index (κ2) is 17.8. The first kappa shape index (κ1) is 35.9. The number of nitrogens with zero attached hydrogens (tertiary/aromatic N) is 3. The van der Waals surface area contributed by atoms with Crippen LogP contribution in [0, 0.1) is 11.8 Å². The molecule has 1 aromatic carbocycles. The fourth-order valence-corrected chi connectivity index (χ4v) is 6.49. The first-order valence-corrected chi connectivity index (χ1v) is 16.8. The normalized spacial score (nSPS) is 19.4. The van der Waals surface area contributed by atoms with E-state index in [9.17, 15) is 29.4 Å². The number of ether oxygens (including phenoxy) is 1. The number of carbonyl (C=O) groups excluding carboxylic acids is 4. The fourth-order valence-electron chi connectivity index (χ4n) is 6.49. The predicted octanol–water partition coefficient (Wildman–Crippen LogP) is 1.79. The first-order chi connectivity index (χ1) is 22.7. The number of nitrogens with one attached hydrogen (secondary N) is 3. The largest absolute Gasteiger partial charge is 0.441 e. The van der Waals surface area contributed by atoms with Crippen molar-refractivity contribution in [3.8, 4) is 0 Å². The van der Waals surface area contributed by atoms with E-state index in [1.54, 1.807) is 13.2 Å². The number of carbonyl (C=O) groups is 4. The Balaban J connectivity index is 1.55. The second-order valence-corrected chi connectivity index (χ2v) is 12.8. The van der Waals surface area contributed by atoms with Gasteiger partial charge in [-0.3, -0.25) is 14.4 Å². The van der Waals surface area contributed by atoms with E-state index < -0.39 is 48.1 Å². The highest BCUT2D eigenvalue weighted by Gasteiger charge is 2.41. The summed E-state index contributed by atoms with van der Waals surface area (Å²) in [6.45, 7) is 2.45. The van der Waals surface area contributed by atoms with Gasteiger partial charge in [0.25, 0.3) is 0 Å². The summed E-state index contributed by atoms with van der Waals surface area (Å²) >= 11 is 0. The number of benzene rings is 1. The van der Waals surface area contributed by atoms with Crippen molar-refractivity contribution in [3.63, 3.8) is 0 Å². The van der Waals surface area contributed by atoms with Gasteiger partial charge in [0.2, 0.25) is 17.7 Å². The third-order valence-corrected chi connectivity index (χ3v) is 9.32. The lowest BCUT2D eigenvalue weighted by molar-refractivity contribution is -0.137. The molecule has 4 amide bonds. The third kappa shape index (κ3) is 10.5. The molecule has 0 bridgehead atoms. The zero-order valence-electron chi connectivity index (χ0n) is 27.5. The molecule has 4 rings (SSSR count). The van der Waals surface area contributed by atoms with E-state index in [1.165, 1.54) is 16.1 Å². The van der Waals surface area contributed by atoms with Crippen LogP contribution in [0.3, 0.4) is 0 Å². The highest BCUT2D eigenvalue weighted by molar-refractivity contribution is 5.91. The van der Waals surface area contributed by atoms with Gasteiger partial charge < -0.3 is 40.4 Å². The maximum atomic E-state index is 14.1. The number of hydrogen-bond acceptors (Lipinski definition) is 8. The van der Waals surface area contributed by atoms with Crippen molar-refractivity contribution < 1.29 is 34.1 Å². The van der Waals surface area contributed by atoms with Crippen LogP contribution in [0.1, 0.15) is 63.1 Å². The number of imidazole rings is 1. The van der Waals surface area contributed by atoms with Crippen LogP contribution in [0.25, 0.3) is 0 Å². The standard InChI is InChI=1S/C34H50N6O7/c1-3-40-21-29(47-34(40)46)31(43)27(17-24-12-8-5-9-13-24)37-33(45)28(19-26-20-35-22-36-26)38-32(44)25(16-23-10-6-4-7-11-23)18-30(42)39(2)14-15-41/h4,6-7,10-11,20,22,24-25,27-29,31,41,43H,3,5,8-9,12-19,21H2,1-2H3,(H,35,36)(H,37,45)(H,38,44)/t25-,27-,28-,29-,31+/m0/s1. The summed E-state index contributed by atoms with van der Waals surface area (Å²) in [5, 5.41) is 26.7. The Morgan fingerprint density at radius 2 is 1.85 bits per heavy atom. The number of cyclic esters (lactones) is 1. The molecule has 0 spiro atoms.